The first-order valence-electron chi connectivity index (χ1n) is 5.45. The summed E-state index contributed by atoms with van der Waals surface area (Å²) in [4.78, 5) is 11.2. The Morgan fingerprint density at radius 1 is 1.44 bits per heavy atom. The fraction of sp³-hybridized carbons (Fsp3) is 0.462. The maximum Gasteiger partial charge on any atom is 0.161 e. The maximum atomic E-state index is 11.2. The van der Waals surface area contributed by atoms with Crippen LogP contribution >= 0.6 is 0 Å². The molecule has 0 spiro atoms. The van der Waals surface area contributed by atoms with Gasteiger partial charge in [0.05, 0.1) is 0 Å². The van der Waals surface area contributed by atoms with Crippen molar-refractivity contribution < 1.29 is 9.53 Å². The lowest BCUT2D eigenvalue weighted by atomic mass is 10.1. The minimum atomic E-state index is -0.218. The number of rotatable bonds is 4. The Kier molecular flexibility index (Phi) is 3.58. The Morgan fingerprint density at radius 3 is 2.50 bits per heavy atom. The van der Waals surface area contributed by atoms with Gasteiger partial charge in [-0.3, -0.25) is 4.79 Å². The van der Waals surface area contributed by atoms with Gasteiger partial charge >= 0.3 is 0 Å². The van der Waals surface area contributed by atoms with Crippen LogP contribution in [0.3, 0.4) is 0 Å². The van der Waals surface area contributed by atoms with Crippen molar-refractivity contribution in [2.45, 2.75) is 39.7 Å². The molecule has 1 aromatic rings. The maximum absolute atomic E-state index is 11.2. The van der Waals surface area contributed by atoms with Gasteiger partial charge in [0.25, 0.3) is 0 Å². The van der Waals surface area contributed by atoms with Crippen molar-refractivity contribution in [2.75, 3.05) is 5.73 Å². The van der Waals surface area contributed by atoms with Gasteiger partial charge in [0, 0.05) is 17.3 Å². The third kappa shape index (κ3) is 2.99. The third-order valence-electron chi connectivity index (χ3n) is 2.65. The van der Waals surface area contributed by atoms with E-state index in [0.717, 1.165) is 6.42 Å². The molecule has 0 aliphatic heterocycles. The van der Waals surface area contributed by atoms with E-state index < -0.39 is 0 Å². The molecule has 0 amide bonds. The molecule has 0 fully saturated rings. The number of carbonyl (C=O) groups is 1. The van der Waals surface area contributed by atoms with E-state index in [9.17, 15) is 4.79 Å². The number of hydrogen-bond donors (Lipinski definition) is 1. The van der Waals surface area contributed by atoms with Crippen molar-refractivity contribution in [2.24, 2.45) is 0 Å². The largest absolute Gasteiger partial charge is 0.488 e. The van der Waals surface area contributed by atoms with Gasteiger partial charge in [-0.1, -0.05) is 6.92 Å². The zero-order chi connectivity index (χ0) is 12.3. The molecule has 2 N–H and O–H groups in total. The highest BCUT2D eigenvalue weighted by atomic mass is 16.5. The molecular formula is C13H19NO2. The number of anilines is 1. The second-order valence-electron chi connectivity index (χ2n) is 4.52. The minimum absolute atomic E-state index is 0.0289. The molecular weight excluding hydrogens is 202 g/mol. The van der Waals surface area contributed by atoms with Gasteiger partial charge in [-0.05, 0) is 39.3 Å². The summed E-state index contributed by atoms with van der Waals surface area (Å²) in [5, 5.41) is 0. The van der Waals surface area contributed by atoms with E-state index in [2.05, 4.69) is 6.92 Å². The lowest BCUT2D eigenvalue weighted by Gasteiger charge is -2.25. The van der Waals surface area contributed by atoms with E-state index in [-0.39, 0.29) is 11.4 Å². The molecule has 0 aliphatic rings. The molecule has 1 rings (SSSR count). The number of Topliss-reactive ketones (excluding diaryl/α,β-unsaturated/α-hetero) is 1. The van der Waals surface area contributed by atoms with Crippen molar-refractivity contribution in [3.63, 3.8) is 0 Å². The Morgan fingerprint density at radius 2 is 2.06 bits per heavy atom. The fourth-order valence-corrected chi connectivity index (χ4v) is 1.32. The van der Waals surface area contributed by atoms with Gasteiger partial charge < -0.3 is 10.5 Å². The number of carbonyl (C=O) groups excluding carboxylic acids is 1. The molecule has 88 valence electrons. The third-order valence-corrected chi connectivity index (χ3v) is 2.65. The second-order valence-corrected chi connectivity index (χ2v) is 4.52. The quantitative estimate of drug-likeness (QED) is 0.628. The number of ketones is 1. The van der Waals surface area contributed by atoms with Crippen LogP contribution in [0.2, 0.25) is 0 Å². The molecule has 3 heteroatoms. The summed E-state index contributed by atoms with van der Waals surface area (Å²) >= 11 is 0. The van der Waals surface area contributed by atoms with Gasteiger partial charge in [-0.15, -0.1) is 0 Å². The zero-order valence-electron chi connectivity index (χ0n) is 10.3. The highest BCUT2D eigenvalue weighted by Crippen LogP contribution is 2.25. The average Bonchev–Trinajstić information content (AvgIpc) is 2.16. The summed E-state index contributed by atoms with van der Waals surface area (Å²) in [6.45, 7) is 7.60. The van der Waals surface area contributed by atoms with E-state index in [1.807, 2.05) is 13.8 Å². The Hall–Kier alpha value is -1.51. The highest BCUT2D eigenvalue weighted by molar-refractivity contribution is 5.99. The smallest absolute Gasteiger partial charge is 0.161 e. The van der Waals surface area contributed by atoms with Crippen molar-refractivity contribution in [1.29, 1.82) is 0 Å². The van der Waals surface area contributed by atoms with Gasteiger partial charge in [0.1, 0.15) is 11.4 Å². The number of nitrogens with two attached hydrogens (primary N) is 1. The number of ether oxygens (including phenoxy) is 1. The predicted molar refractivity (Wildman–Crippen MR) is 65.9 cm³/mol. The van der Waals surface area contributed by atoms with Crippen LogP contribution in [0.25, 0.3) is 0 Å². The SMILES string of the molecule is CCC(C)(C)Oc1ccc(C(C)=O)c(N)c1. The van der Waals surface area contributed by atoms with Crippen LogP contribution in [0.5, 0.6) is 5.75 Å². The molecule has 16 heavy (non-hydrogen) atoms. The van der Waals surface area contributed by atoms with Crippen molar-refractivity contribution in [3.05, 3.63) is 23.8 Å². The van der Waals surface area contributed by atoms with Gasteiger partial charge in [-0.25, -0.2) is 0 Å². The summed E-state index contributed by atoms with van der Waals surface area (Å²) in [5.74, 6) is 0.674. The van der Waals surface area contributed by atoms with Gasteiger partial charge in [-0.2, -0.15) is 0 Å². The first-order chi connectivity index (χ1) is 7.35. The van der Waals surface area contributed by atoms with E-state index in [0.29, 0.717) is 17.0 Å². The molecule has 0 unspecified atom stereocenters. The Labute approximate surface area is 96.6 Å². The van der Waals surface area contributed by atoms with Crippen LogP contribution in [0.15, 0.2) is 18.2 Å². The number of hydrogen-bond acceptors (Lipinski definition) is 3. The normalized spacial score (nSPS) is 11.2. The monoisotopic (exact) mass is 221 g/mol. The molecule has 0 atom stereocenters. The molecule has 0 heterocycles. The van der Waals surface area contributed by atoms with Crippen molar-refractivity contribution in [3.8, 4) is 5.75 Å². The molecule has 0 bridgehead atoms. The van der Waals surface area contributed by atoms with Crippen LogP contribution in [0.1, 0.15) is 44.5 Å². The van der Waals surface area contributed by atoms with Gasteiger partial charge in [0.2, 0.25) is 0 Å². The predicted octanol–water partition coefficient (Wildman–Crippen LogP) is 3.04. The Balaban J connectivity index is 2.94. The Bertz CT molecular complexity index is 397. The summed E-state index contributed by atoms with van der Waals surface area (Å²) in [5.41, 5.74) is 6.58. The molecule has 1 aromatic carbocycles. The molecule has 0 aliphatic carbocycles. The topological polar surface area (TPSA) is 52.3 Å². The minimum Gasteiger partial charge on any atom is -0.488 e. The summed E-state index contributed by atoms with van der Waals surface area (Å²) in [6, 6.07) is 5.19. The fourth-order valence-electron chi connectivity index (χ4n) is 1.32. The summed E-state index contributed by atoms with van der Waals surface area (Å²) < 4.78 is 5.78. The molecule has 0 saturated heterocycles. The summed E-state index contributed by atoms with van der Waals surface area (Å²) in [7, 11) is 0. The first kappa shape index (κ1) is 12.6. The summed E-state index contributed by atoms with van der Waals surface area (Å²) in [6.07, 6.45) is 0.904. The van der Waals surface area contributed by atoms with Crippen LogP contribution in [-0.2, 0) is 0 Å². The lowest BCUT2D eigenvalue weighted by Crippen LogP contribution is -2.26. The molecule has 0 aromatic heterocycles. The number of benzene rings is 1. The van der Waals surface area contributed by atoms with Crippen LogP contribution in [-0.4, -0.2) is 11.4 Å². The number of nitrogen functional groups attached to an aromatic ring is 1. The van der Waals surface area contributed by atoms with Crippen LogP contribution < -0.4 is 10.5 Å². The van der Waals surface area contributed by atoms with Crippen LogP contribution in [0, 0.1) is 0 Å². The van der Waals surface area contributed by atoms with E-state index in [1.165, 1.54) is 6.92 Å². The highest BCUT2D eigenvalue weighted by Gasteiger charge is 2.17. The van der Waals surface area contributed by atoms with Gasteiger partial charge in [0.15, 0.2) is 5.78 Å². The van der Waals surface area contributed by atoms with Crippen molar-refractivity contribution in [1.82, 2.24) is 0 Å². The molecule has 0 radical (unpaired) electrons. The standard InChI is InChI=1S/C13H19NO2/c1-5-13(3,4)16-10-6-7-11(9(2)15)12(14)8-10/h6-8H,5,14H2,1-4H3. The van der Waals surface area contributed by atoms with E-state index >= 15 is 0 Å². The lowest BCUT2D eigenvalue weighted by molar-refractivity contribution is 0.101. The first-order valence-corrected chi connectivity index (χ1v) is 5.45. The average molecular weight is 221 g/mol. The van der Waals surface area contributed by atoms with Crippen LogP contribution in [0.4, 0.5) is 5.69 Å². The molecule has 3 nitrogen and oxygen atoms in total. The van der Waals surface area contributed by atoms with E-state index in [1.54, 1.807) is 18.2 Å². The molecule has 0 saturated carbocycles. The van der Waals surface area contributed by atoms with Crippen molar-refractivity contribution >= 4 is 11.5 Å². The zero-order valence-corrected chi connectivity index (χ0v) is 10.3. The van der Waals surface area contributed by atoms with E-state index in [4.69, 9.17) is 10.5 Å². The second kappa shape index (κ2) is 4.56.